The zero-order chi connectivity index (χ0) is 18.7. The summed E-state index contributed by atoms with van der Waals surface area (Å²) >= 11 is 0.395. The molecule has 0 fully saturated rings. The molecule has 9 heteroatoms. The quantitative estimate of drug-likeness (QED) is 0.488. The van der Waals surface area contributed by atoms with Gasteiger partial charge in [-0.2, -0.15) is 8.78 Å². The molecule has 0 aliphatic rings. The van der Waals surface area contributed by atoms with Crippen molar-refractivity contribution in [2.75, 3.05) is 5.32 Å². The maximum atomic E-state index is 13.3. The smallest absolute Gasteiger partial charge is 0.288 e. The number of anilines is 1. The third-order valence-electron chi connectivity index (χ3n) is 3.28. The molecule has 3 rings (SSSR count). The summed E-state index contributed by atoms with van der Waals surface area (Å²) < 4.78 is 55.7. The number of nitrogens with zero attached hydrogens (tertiary/aromatic N) is 1. The van der Waals surface area contributed by atoms with Gasteiger partial charge in [-0.3, -0.25) is 4.79 Å². The van der Waals surface area contributed by atoms with E-state index in [9.17, 15) is 22.4 Å². The van der Waals surface area contributed by atoms with Crippen LogP contribution in [-0.4, -0.2) is 16.8 Å². The SMILES string of the molecule is O=C(Nc1ccc(SC(F)F)cc1)c1cc(-c2ccc(F)c(F)c2)on1. The molecule has 26 heavy (non-hydrogen) atoms. The van der Waals surface area contributed by atoms with E-state index in [2.05, 4.69) is 10.5 Å². The summed E-state index contributed by atoms with van der Waals surface area (Å²) in [5.74, 6) is -5.08. The Bertz CT molecular complexity index is 929. The molecule has 2 aromatic carbocycles. The molecule has 0 spiro atoms. The Balaban J connectivity index is 1.70. The Morgan fingerprint density at radius 3 is 2.42 bits per heavy atom. The number of hydrogen-bond donors (Lipinski definition) is 1. The number of hydrogen-bond acceptors (Lipinski definition) is 4. The van der Waals surface area contributed by atoms with Gasteiger partial charge in [-0.05, 0) is 42.5 Å². The lowest BCUT2D eigenvalue weighted by Crippen LogP contribution is -2.11. The number of rotatable bonds is 5. The monoisotopic (exact) mass is 382 g/mol. The average Bonchev–Trinajstić information content (AvgIpc) is 3.09. The predicted octanol–water partition coefficient (Wildman–Crippen LogP) is 5.19. The van der Waals surface area contributed by atoms with Crippen LogP contribution in [0.3, 0.4) is 0 Å². The van der Waals surface area contributed by atoms with Crippen molar-refractivity contribution >= 4 is 23.4 Å². The first-order chi connectivity index (χ1) is 12.4. The van der Waals surface area contributed by atoms with Crippen molar-refractivity contribution in [1.29, 1.82) is 0 Å². The number of aromatic nitrogens is 1. The molecule has 4 nitrogen and oxygen atoms in total. The van der Waals surface area contributed by atoms with Crippen molar-refractivity contribution in [2.45, 2.75) is 10.7 Å². The highest BCUT2D eigenvalue weighted by atomic mass is 32.2. The maximum Gasteiger partial charge on any atom is 0.288 e. The minimum atomic E-state index is -2.53. The van der Waals surface area contributed by atoms with E-state index in [1.807, 2.05) is 0 Å². The van der Waals surface area contributed by atoms with Gasteiger partial charge in [0.05, 0.1) is 0 Å². The fourth-order valence-corrected chi connectivity index (χ4v) is 2.58. The lowest BCUT2D eigenvalue weighted by molar-refractivity contribution is 0.101. The summed E-state index contributed by atoms with van der Waals surface area (Å²) in [5.41, 5.74) is 0.533. The second-order valence-electron chi connectivity index (χ2n) is 5.06. The zero-order valence-corrected chi connectivity index (χ0v) is 13.7. The Hall–Kier alpha value is -2.81. The van der Waals surface area contributed by atoms with Crippen LogP contribution in [0.5, 0.6) is 0 Å². The number of benzene rings is 2. The molecule has 1 aromatic heterocycles. The van der Waals surface area contributed by atoms with Gasteiger partial charge in [0.1, 0.15) is 0 Å². The molecule has 0 aliphatic carbocycles. The van der Waals surface area contributed by atoms with Gasteiger partial charge in [0, 0.05) is 22.2 Å². The standard InChI is InChI=1S/C17H10F4N2O2S/c18-12-6-1-9(7-13(12)19)15-8-14(23-25-15)16(24)22-10-2-4-11(5-3-10)26-17(20)21/h1-8,17H,(H,22,24). The van der Waals surface area contributed by atoms with Gasteiger partial charge >= 0.3 is 0 Å². The largest absolute Gasteiger partial charge is 0.355 e. The van der Waals surface area contributed by atoms with Crippen LogP contribution in [0.2, 0.25) is 0 Å². The highest BCUT2D eigenvalue weighted by molar-refractivity contribution is 7.99. The molecule has 0 radical (unpaired) electrons. The molecule has 0 aliphatic heterocycles. The summed E-state index contributed by atoms with van der Waals surface area (Å²) in [6, 6.07) is 10.3. The highest BCUT2D eigenvalue weighted by Crippen LogP contribution is 2.26. The number of thioether (sulfide) groups is 1. The average molecular weight is 382 g/mol. The van der Waals surface area contributed by atoms with Gasteiger partial charge in [-0.15, -0.1) is 0 Å². The molecule has 1 heterocycles. The first-order valence-corrected chi connectivity index (χ1v) is 8.09. The predicted molar refractivity (Wildman–Crippen MR) is 88.1 cm³/mol. The lowest BCUT2D eigenvalue weighted by atomic mass is 10.1. The van der Waals surface area contributed by atoms with Crippen molar-refractivity contribution in [3.8, 4) is 11.3 Å². The molecule has 1 N–H and O–H groups in total. The van der Waals surface area contributed by atoms with Crippen LogP contribution in [0.4, 0.5) is 23.2 Å². The number of alkyl halides is 2. The van der Waals surface area contributed by atoms with Gasteiger partial charge in [0.25, 0.3) is 11.7 Å². The Labute approximate surface area is 149 Å². The van der Waals surface area contributed by atoms with Crippen LogP contribution in [-0.2, 0) is 0 Å². The van der Waals surface area contributed by atoms with E-state index in [-0.39, 0.29) is 17.0 Å². The van der Waals surface area contributed by atoms with Crippen LogP contribution >= 0.6 is 11.8 Å². The Morgan fingerprint density at radius 1 is 1.04 bits per heavy atom. The minimum absolute atomic E-state index is 0.0734. The van der Waals surface area contributed by atoms with Crippen LogP contribution in [0.1, 0.15) is 10.5 Å². The van der Waals surface area contributed by atoms with E-state index in [0.29, 0.717) is 22.3 Å². The van der Waals surface area contributed by atoms with E-state index in [0.717, 1.165) is 12.1 Å². The molecule has 0 unspecified atom stereocenters. The van der Waals surface area contributed by atoms with Gasteiger partial charge in [0.2, 0.25) is 0 Å². The molecule has 0 saturated heterocycles. The van der Waals surface area contributed by atoms with Crippen molar-refractivity contribution in [3.63, 3.8) is 0 Å². The zero-order valence-electron chi connectivity index (χ0n) is 12.9. The number of halogens is 4. The van der Waals surface area contributed by atoms with Gasteiger partial charge < -0.3 is 9.84 Å². The summed E-state index contributed by atoms with van der Waals surface area (Å²) in [6.07, 6.45) is 0. The summed E-state index contributed by atoms with van der Waals surface area (Å²) in [7, 11) is 0. The van der Waals surface area contributed by atoms with Crippen molar-refractivity contribution in [3.05, 3.63) is 65.9 Å². The summed E-state index contributed by atoms with van der Waals surface area (Å²) in [4.78, 5) is 12.5. The second kappa shape index (κ2) is 7.61. The fourth-order valence-electron chi connectivity index (χ4n) is 2.08. The molecule has 134 valence electrons. The molecule has 0 bridgehead atoms. The highest BCUT2D eigenvalue weighted by Gasteiger charge is 2.15. The lowest BCUT2D eigenvalue weighted by Gasteiger charge is -2.04. The molecule has 0 atom stereocenters. The summed E-state index contributed by atoms with van der Waals surface area (Å²) in [6.45, 7) is 0. The van der Waals surface area contributed by atoms with E-state index in [4.69, 9.17) is 4.52 Å². The van der Waals surface area contributed by atoms with Crippen LogP contribution in [0, 0.1) is 11.6 Å². The first-order valence-electron chi connectivity index (χ1n) is 7.21. The molecule has 3 aromatic rings. The van der Waals surface area contributed by atoms with Crippen molar-refractivity contribution < 1.29 is 26.9 Å². The van der Waals surface area contributed by atoms with Crippen molar-refractivity contribution in [1.82, 2.24) is 5.16 Å². The second-order valence-corrected chi connectivity index (χ2v) is 6.13. The van der Waals surface area contributed by atoms with Gasteiger partial charge in [-0.1, -0.05) is 16.9 Å². The fraction of sp³-hybridized carbons (Fsp3) is 0.0588. The maximum absolute atomic E-state index is 13.3. The molecule has 1 amide bonds. The van der Waals surface area contributed by atoms with Crippen molar-refractivity contribution in [2.24, 2.45) is 0 Å². The number of amides is 1. The Morgan fingerprint density at radius 2 is 1.77 bits per heavy atom. The number of carbonyl (C=O) groups excluding carboxylic acids is 1. The van der Waals surface area contributed by atoms with Gasteiger partial charge in [0.15, 0.2) is 23.1 Å². The van der Waals surface area contributed by atoms with E-state index in [1.54, 1.807) is 0 Å². The minimum Gasteiger partial charge on any atom is -0.355 e. The van der Waals surface area contributed by atoms with Crippen LogP contribution in [0.15, 0.2) is 57.9 Å². The third kappa shape index (κ3) is 4.23. The molecular weight excluding hydrogens is 372 g/mol. The number of carbonyl (C=O) groups is 1. The topological polar surface area (TPSA) is 55.1 Å². The molecule has 0 saturated carbocycles. The normalized spacial score (nSPS) is 11.0. The van der Waals surface area contributed by atoms with E-state index >= 15 is 0 Å². The van der Waals surface area contributed by atoms with Crippen LogP contribution in [0.25, 0.3) is 11.3 Å². The third-order valence-corrected chi connectivity index (χ3v) is 4.01. The van der Waals surface area contributed by atoms with E-state index in [1.165, 1.54) is 36.4 Å². The van der Waals surface area contributed by atoms with E-state index < -0.39 is 23.3 Å². The molecular formula is C17H10F4N2O2S. The summed E-state index contributed by atoms with van der Waals surface area (Å²) in [5, 5.41) is 6.12. The van der Waals surface area contributed by atoms with Crippen LogP contribution < -0.4 is 5.32 Å². The van der Waals surface area contributed by atoms with Gasteiger partial charge in [-0.25, -0.2) is 8.78 Å². The first kappa shape index (κ1) is 18.0. The number of nitrogens with one attached hydrogen (secondary N) is 1. The Kier molecular flexibility index (Phi) is 5.27.